The van der Waals surface area contributed by atoms with E-state index in [9.17, 15) is 19.8 Å². The zero-order chi connectivity index (χ0) is 14.0. The maximum Gasteiger partial charge on any atom is 0.345 e. The highest BCUT2D eigenvalue weighted by molar-refractivity contribution is 5.90. The number of carboxylic acid groups (broad SMARTS) is 1. The van der Waals surface area contributed by atoms with Crippen LogP contribution in [0.1, 0.15) is 27.7 Å². The molecule has 98 valence electrons. The SMILES string of the molecule is O=C(O)c1c(O)cc(C(O)c2ccccc2)[nH]c1=O. The maximum atomic E-state index is 11.5. The number of rotatable bonds is 3. The topological polar surface area (TPSA) is 111 Å². The molecule has 2 aromatic rings. The van der Waals surface area contributed by atoms with Gasteiger partial charge in [-0.25, -0.2) is 4.79 Å². The van der Waals surface area contributed by atoms with Gasteiger partial charge in [0.25, 0.3) is 5.56 Å². The molecule has 0 aliphatic rings. The van der Waals surface area contributed by atoms with Crippen molar-refractivity contribution in [1.29, 1.82) is 0 Å². The molecule has 2 rings (SSSR count). The van der Waals surface area contributed by atoms with Gasteiger partial charge in [0.1, 0.15) is 11.9 Å². The summed E-state index contributed by atoms with van der Waals surface area (Å²) in [5, 5.41) is 28.3. The van der Waals surface area contributed by atoms with Crippen LogP contribution < -0.4 is 5.56 Å². The highest BCUT2D eigenvalue weighted by Gasteiger charge is 2.19. The molecule has 0 saturated carbocycles. The quantitative estimate of drug-likeness (QED) is 0.655. The van der Waals surface area contributed by atoms with Gasteiger partial charge in [-0.3, -0.25) is 4.79 Å². The average molecular weight is 261 g/mol. The minimum absolute atomic E-state index is 0.0266. The van der Waals surface area contributed by atoms with Gasteiger partial charge in [0, 0.05) is 6.07 Å². The van der Waals surface area contributed by atoms with Crippen molar-refractivity contribution in [2.45, 2.75) is 6.10 Å². The van der Waals surface area contributed by atoms with Gasteiger partial charge in [0.05, 0.1) is 5.69 Å². The molecule has 0 radical (unpaired) electrons. The lowest BCUT2D eigenvalue weighted by atomic mass is 10.1. The van der Waals surface area contributed by atoms with Gasteiger partial charge < -0.3 is 20.3 Å². The number of aliphatic hydroxyl groups excluding tert-OH is 1. The fourth-order valence-electron chi connectivity index (χ4n) is 1.73. The summed E-state index contributed by atoms with van der Waals surface area (Å²) >= 11 is 0. The van der Waals surface area contributed by atoms with E-state index >= 15 is 0 Å². The second-order valence-electron chi connectivity index (χ2n) is 3.93. The van der Waals surface area contributed by atoms with Crippen molar-refractivity contribution in [3.63, 3.8) is 0 Å². The number of H-pyrrole nitrogens is 1. The molecule has 1 aromatic heterocycles. The number of aliphatic hydroxyl groups is 1. The van der Waals surface area contributed by atoms with Crippen molar-refractivity contribution in [3.05, 3.63) is 63.6 Å². The number of aromatic hydroxyl groups is 1. The average Bonchev–Trinajstić information content (AvgIpc) is 2.37. The Morgan fingerprint density at radius 2 is 1.84 bits per heavy atom. The molecule has 0 spiro atoms. The summed E-state index contributed by atoms with van der Waals surface area (Å²) in [6.45, 7) is 0. The van der Waals surface area contributed by atoms with E-state index in [1.54, 1.807) is 30.3 Å². The van der Waals surface area contributed by atoms with E-state index in [-0.39, 0.29) is 5.69 Å². The van der Waals surface area contributed by atoms with Gasteiger partial charge in [-0.2, -0.15) is 0 Å². The van der Waals surface area contributed by atoms with Crippen LogP contribution in [0.3, 0.4) is 0 Å². The zero-order valence-corrected chi connectivity index (χ0v) is 9.70. The zero-order valence-electron chi connectivity index (χ0n) is 9.70. The summed E-state index contributed by atoms with van der Waals surface area (Å²) in [4.78, 5) is 24.5. The lowest BCUT2D eigenvalue weighted by molar-refractivity contribution is 0.0691. The van der Waals surface area contributed by atoms with Crippen molar-refractivity contribution >= 4 is 5.97 Å². The second kappa shape index (κ2) is 4.95. The molecule has 0 aliphatic carbocycles. The Bertz CT molecular complexity index is 662. The Morgan fingerprint density at radius 1 is 1.21 bits per heavy atom. The van der Waals surface area contributed by atoms with Crippen LogP contribution in [0.2, 0.25) is 0 Å². The third-order valence-electron chi connectivity index (χ3n) is 2.66. The van der Waals surface area contributed by atoms with Gasteiger partial charge in [0.2, 0.25) is 0 Å². The molecule has 1 heterocycles. The smallest absolute Gasteiger partial charge is 0.345 e. The normalized spacial score (nSPS) is 12.1. The van der Waals surface area contributed by atoms with Crippen LogP contribution in [0.25, 0.3) is 0 Å². The number of benzene rings is 1. The molecule has 1 atom stereocenters. The first kappa shape index (κ1) is 12.8. The number of carbonyl (C=O) groups is 1. The van der Waals surface area contributed by atoms with Crippen LogP contribution >= 0.6 is 0 Å². The van der Waals surface area contributed by atoms with Gasteiger partial charge in [-0.05, 0) is 5.56 Å². The molecule has 6 heteroatoms. The summed E-state index contributed by atoms with van der Waals surface area (Å²) in [7, 11) is 0. The Labute approximate surface area is 107 Å². The van der Waals surface area contributed by atoms with E-state index in [0.29, 0.717) is 5.56 Å². The molecule has 0 bridgehead atoms. The minimum Gasteiger partial charge on any atom is -0.507 e. The monoisotopic (exact) mass is 261 g/mol. The molecule has 0 aliphatic heterocycles. The van der Waals surface area contributed by atoms with Crippen LogP contribution in [0, 0.1) is 0 Å². The first-order valence-electron chi connectivity index (χ1n) is 5.43. The highest BCUT2D eigenvalue weighted by Crippen LogP contribution is 2.23. The molecule has 19 heavy (non-hydrogen) atoms. The molecule has 1 unspecified atom stereocenters. The second-order valence-corrected chi connectivity index (χ2v) is 3.93. The van der Waals surface area contributed by atoms with Crippen LogP contribution in [-0.4, -0.2) is 26.3 Å². The molecular weight excluding hydrogens is 250 g/mol. The maximum absolute atomic E-state index is 11.5. The molecule has 6 nitrogen and oxygen atoms in total. The molecule has 0 saturated heterocycles. The van der Waals surface area contributed by atoms with Crippen molar-refractivity contribution < 1.29 is 20.1 Å². The van der Waals surface area contributed by atoms with Crippen LogP contribution in [0.5, 0.6) is 5.75 Å². The number of aromatic amines is 1. The van der Waals surface area contributed by atoms with E-state index in [4.69, 9.17) is 5.11 Å². The van der Waals surface area contributed by atoms with Crippen molar-refractivity contribution in [2.75, 3.05) is 0 Å². The fraction of sp³-hybridized carbons (Fsp3) is 0.0769. The number of hydrogen-bond acceptors (Lipinski definition) is 4. The first-order valence-corrected chi connectivity index (χ1v) is 5.43. The number of nitrogens with one attached hydrogen (secondary N) is 1. The van der Waals surface area contributed by atoms with Crippen LogP contribution in [0.15, 0.2) is 41.2 Å². The lowest BCUT2D eigenvalue weighted by Crippen LogP contribution is -2.20. The van der Waals surface area contributed by atoms with E-state index in [2.05, 4.69) is 4.98 Å². The van der Waals surface area contributed by atoms with Crippen molar-refractivity contribution in [2.24, 2.45) is 0 Å². The lowest BCUT2D eigenvalue weighted by Gasteiger charge is -2.12. The van der Waals surface area contributed by atoms with Crippen molar-refractivity contribution in [3.8, 4) is 5.75 Å². The Balaban J connectivity index is 2.48. The van der Waals surface area contributed by atoms with E-state index in [0.717, 1.165) is 6.07 Å². The summed E-state index contributed by atoms with van der Waals surface area (Å²) in [5.74, 6) is -2.21. The fourth-order valence-corrected chi connectivity index (χ4v) is 1.73. The summed E-state index contributed by atoms with van der Waals surface area (Å²) in [6.07, 6.45) is -1.15. The van der Waals surface area contributed by atoms with Gasteiger partial charge in [-0.15, -0.1) is 0 Å². The van der Waals surface area contributed by atoms with Gasteiger partial charge in [-0.1, -0.05) is 30.3 Å². The standard InChI is InChI=1S/C13H11NO5/c15-9-6-8(14-12(17)10(9)13(18)19)11(16)7-4-2-1-3-5-7/h1-6,11,16H,(H,18,19)(H2,14,15,17). The number of aromatic nitrogens is 1. The van der Waals surface area contributed by atoms with E-state index in [1.165, 1.54) is 0 Å². The summed E-state index contributed by atoms with van der Waals surface area (Å²) in [6, 6.07) is 9.51. The van der Waals surface area contributed by atoms with Gasteiger partial charge in [0.15, 0.2) is 5.56 Å². The van der Waals surface area contributed by atoms with E-state index < -0.39 is 28.9 Å². The molecule has 1 aromatic carbocycles. The molecule has 0 amide bonds. The molecule has 4 N–H and O–H groups in total. The predicted molar refractivity (Wildman–Crippen MR) is 66.2 cm³/mol. The number of hydrogen-bond donors (Lipinski definition) is 4. The Morgan fingerprint density at radius 3 is 2.37 bits per heavy atom. The largest absolute Gasteiger partial charge is 0.507 e. The summed E-state index contributed by atoms with van der Waals surface area (Å²) < 4.78 is 0. The number of pyridine rings is 1. The third-order valence-corrected chi connectivity index (χ3v) is 2.66. The Hall–Kier alpha value is -2.60. The Kier molecular flexibility index (Phi) is 3.35. The third kappa shape index (κ3) is 2.48. The number of carboxylic acids is 1. The highest BCUT2D eigenvalue weighted by atomic mass is 16.4. The van der Waals surface area contributed by atoms with Crippen molar-refractivity contribution in [1.82, 2.24) is 4.98 Å². The predicted octanol–water partition coefficient (Wildman–Crippen LogP) is 0.860. The minimum atomic E-state index is -1.53. The van der Waals surface area contributed by atoms with Crippen LogP contribution in [0.4, 0.5) is 0 Å². The summed E-state index contributed by atoms with van der Waals surface area (Å²) in [5.41, 5.74) is -1.17. The van der Waals surface area contributed by atoms with Gasteiger partial charge >= 0.3 is 5.97 Å². The first-order chi connectivity index (χ1) is 9.00. The number of aromatic carboxylic acids is 1. The van der Waals surface area contributed by atoms with Crippen LogP contribution in [-0.2, 0) is 0 Å². The van der Waals surface area contributed by atoms with E-state index in [1.807, 2.05) is 0 Å². The molecular formula is C13H11NO5. The molecule has 0 fully saturated rings.